The van der Waals surface area contributed by atoms with Crippen molar-refractivity contribution >= 4 is 15.9 Å². The molecule has 0 aliphatic carbocycles. The van der Waals surface area contributed by atoms with Gasteiger partial charge in [0.15, 0.2) is 0 Å². The smallest absolute Gasteiger partial charge is 0.273 e. The Labute approximate surface area is 213 Å². The summed E-state index contributed by atoms with van der Waals surface area (Å²) in [6.07, 6.45) is 3.52. The number of rotatable bonds is 6. The second kappa shape index (κ2) is 10.1. The zero-order valence-electron chi connectivity index (χ0n) is 20.8. The second-order valence-electron chi connectivity index (χ2n) is 8.87. The molecule has 0 aliphatic rings. The number of aryl methyl sites for hydroxylation is 2. The first-order valence-electron chi connectivity index (χ1n) is 11.4. The van der Waals surface area contributed by atoms with E-state index < -0.39 is 0 Å². The van der Waals surface area contributed by atoms with Crippen LogP contribution in [0.5, 0.6) is 5.75 Å². The molecule has 0 N–H and O–H groups in total. The third kappa shape index (κ3) is 5.03. The van der Waals surface area contributed by atoms with Crippen molar-refractivity contribution in [3.05, 3.63) is 91.6 Å². The Morgan fingerprint density at radius 1 is 1.06 bits per heavy atom. The number of ether oxygens (including phenoxy) is 1. The van der Waals surface area contributed by atoms with Gasteiger partial charge in [0.25, 0.3) is 5.56 Å². The van der Waals surface area contributed by atoms with E-state index in [1.165, 1.54) is 0 Å². The van der Waals surface area contributed by atoms with Crippen LogP contribution in [0.4, 0.5) is 0 Å². The maximum Gasteiger partial charge on any atom is 0.273 e. The highest BCUT2D eigenvalue weighted by atomic mass is 79.9. The Morgan fingerprint density at radius 3 is 2.54 bits per heavy atom. The third-order valence-electron chi connectivity index (χ3n) is 5.87. The number of pyridine rings is 3. The third-order valence-corrected chi connectivity index (χ3v) is 6.57. The van der Waals surface area contributed by atoms with Gasteiger partial charge in [-0.3, -0.25) is 19.3 Å². The van der Waals surface area contributed by atoms with Gasteiger partial charge in [-0.2, -0.15) is 0 Å². The Hall–Kier alpha value is -3.39. The first-order valence-corrected chi connectivity index (χ1v) is 12.2. The van der Waals surface area contributed by atoms with E-state index in [9.17, 15) is 4.79 Å². The molecule has 0 amide bonds. The van der Waals surface area contributed by atoms with Crippen molar-refractivity contribution in [2.45, 2.75) is 54.1 Å². The van der Waals surface area contributed by atoms with Gasteiger partial charge in [0, 0.05) is 35.3 Å². The van der Waals surface area contributed by atoms with Crippen LogP contribution in [0.25, 0.3) is 17.1 Å². The van der Waals surface area contributed by atoms with E-state index in [4.69, 9.17) is 9.72 Å². The van der Waals surface area contributed by atoms with E-state index in [1.54, 1.807) is 10.8 Å². The van der Waals surface area contributed by atoms with Crippen LogP contribution in [0.3, 0.4) is 0 Å². The molecule has 0 bridgehead atoms. The number of nitrogens with zero attached hydrogens (tertiary/aromatic N) is 5. The van der Waals surface area contributed by atoms with Crippen LogP contribution >= 0.6 is 15.9 Å². The fourth-order valence-corrected chi connectivity index (χ4v) is 4.42. The lowest BCUT2D eigenvalue weighted by molar-refractivity contribution is 0.295. The topological polar surface area (TPSA) is 82.8 Å². The first-order chi connectivity index (χ1) is 16.7. The van der Waals surface area contributed by atoms with E-state index in [2.05, 4.69) is 44.7 Å². The summed E-state index contributed by atoms with van der Waals surface area (Å²) < 4.78 is 8.09. The Bertz CT molecular complexity index is 1460. The maximum atomic E-state index is 13.5. The molecule has 0 saturated heterocycles. The quantitative estimate of drug-likeness (QED) is 0.312. The first kappa shape index (κ1) is 24.7. The number of hydrogen-bond donors (Lipinski definition) is 0. The van der Waals surface area contributed by atoms with E-state index >= 15 is 0 Å². The van der Waals surface area contributed by atoms with E-state index in [-0.39, 0.29) is 18.1 Å². The molecule has 7 nitrogen and oxygen atoms in total. The van der Waals surface area contributed by atoms with Gasteiger partial charge in [-0.15, -0.1) is 0 Å². The number of aromatic nitrogens is 5. The van der Waals surface area contributed by atoms with Crippen molar-refractivity contribution in [2.24, 2.45) is 0 Å². The SMILES string of the molecule is Cc1cccc(COc2c(C)c(C)n(-c3ccnc(-c4nc(C(C)C)ncc4C)c3)c(=O)c2Br)n1. The van der Waals surface area contributed by atoms with Crippen LogP contribution in [0, 0.1) is 27.7 Å². The van der Waals surface area contributed by atoms with Crippen LogP contribution in [-0.4, -0.2) is 24.5 Å². The van der Waals surface area contributed by atoms with Crippen LogP contribution in [0.2, 0.25) is 0 Å². The zero-order chi connectivity index (χ0) is 25.3. The summed E-state index contributed by atoms with van der Waals surface area (Å²) in [7, 11) is 0. The number of halogens is 1. The molecule has 0 fully saturated rings. The van der Waals surface area contributed by atoms with Crippen molar-refractivity contribution in [3.63, 3.8) is 0 Å². The van der Waals surface area contributed by atoms with Crippen LogP contribution in [-0.2, 0) is 6.61 Å². The van der Waals surface area contributed by atoms with E-state index in [0.717, 1.165) is 39.7 Å². The lowest BCUT2D eigenvalue weighted by Crippen LogP contribution is -2.24. The summed E-state index contributed by atoms with van der Waals surface area (Å²) in [5.41, 5.74) is 6.24. The predicted octanol–water partition coefficient (Wildman–Crippen LogP) is 5.78. The molecule has 180 valence electrons. The van der Waals surface area contributed by atoms with Gasteiger partial charge in [0.2, 0.25) is 0 Å². The van der Waals surface area contributed by atoms with E-state index in [0.29, 0.717) is 21.6 Å². The van der Waals surface area contributed by atoms with E-state index in [1.807, 2.05) is 64.2 Å². The molecule has 8 heteroatoms. The summed E-state index contributed by atoms with van der Waals surface area (Å²) in [4.78, 5) is 31.6. The molecular weight excluding hydrogens is 506 g/mol. The van der Waals surface area contributed by atoms with Crippen molar-refractivity contribution in [3.8, 4) is 22.8 Å². The molecular formula is C27H28BrN5O2. The normalized spacial score (nSPS) is 11.2. The summed E-state index contributed by atoms with van der Waals surface area (Å²) in [6.45, 7) is 12.1. The van der Waals surface area contributed by atoms with Gasteiger partial charge in [0.05, 0.1) is 22.8 Å². The summed E-state index contributed by atoms with van der Waals surface area (Å²) >= 11 is 3.49. The van der Waals surface area contributed by atoms with Gasteiger partial charge in [-0.05, 0) is 73.5 Å². The highest BCUT2D eigenvalue weighted by Gasteiger charge is 2.19. The van der Waals surface area contributed by atoms with Crippen molar-refractivity contribution in [2.75, 3.05) is 0 Å². The average molecular weight is 534 g/mol. The molecule has 0 saturated carbocycles. The Morgan fingerprint density at radius 2 is 1.83 bits per heavy atom. The van der Waals surface area contributed by atoms with Crippen molar-refractivity contribution in [1.82, 2.24) is 24.5 Å². The highest BCUT2D eigenvalue weighted by molar-refractivity contribution is 9.10. The summed E-state index contributed by atoms with van der Waals surface area (Å²) in [5, 5.41) is 0. The Balaban J connectivity index is 1.75. The predicted molar refractivity (Wildman–Crippen MR) is 140 cm³/mol. The molecule has 4 aromatic rings. The minimum Gasteiger partial charge on any atom is -0.486 e. The number of hydrogen-bond acceptors (Lipinski definition) is 6. The van der Waals surface area contributed by atoms with Crippen LogP contribution < -0.4 is 10.3 Å². The highest BCUT2D eigenvalue weighted by Crippen LogP contribution is 2.31. The second-order valence-corrected chi connectivity index (χ2v) is 9.66. The molecule has 0 unspecified atom stereocenters. The lowest BCUT2D eigenvalue weighted by atomic mass is 10.1. The molecule has 35 heavy (non-hydrogen) atoms. The maximum absolute atomic E-state index is 13.5. The largest absolute Gasteiger partial charge is 0.486 e. The van der Waals surface area contributed by atoms with Gasteiger partial charge in [0.1, 0.15) is 22.7 Å². The van der Waals surface area contributed by atoms with Crippen LogP contribution in [0.1, 0.15) is 53.8 Å². The van der Waals surface area contributed by atoms with Crippen LogP contribution in [0.15, 0.2) is 52.0 Å². The molecule has 0 atom stereocenters. The molecule has 0 spiro atoms. The molecule has 0 radical (unpaired) electrons. The summed E-state index contributed by atoms with van der Waals surface area (Å²) in [6, 6.07) is 9.49. The fourth-order valence-electron chi connectivity index (χ4n) is 3.83. The Kier molecular flexibility index (Phi) is 7.12. The molecule has 4 rings (SSSR count). The summed E-state index contributed by atoms with van der Waals surface area (Å²) in [5.74, 6) is 1.48. The molecule has 0 aliphatic heterocycles. The van der Waals surface area contributed by atoms with Gasteiger partial charge in [-0.25, -0.2) is 9.97 Å². The molecule has 0 aromatic carbocycles. The molecule has 4 aromatic heterocycles. The fraction of sp³-hybridized carbons (Fsp3) is 0.296. The molecule has 4 heterocycles. The average Bonchev–Trinajstić information content (AvgIpc) is 2.83. The van der Waals surface area contributed by atoms with Gasteiger partial charge >= 0.3 is 0 Å². The van der Waals surface area contributed by atoms with Crippen molar-refractivity contribution < 1.29 is 4.74 Å². The standard InChI is InChI=1S/C27H28BrN5O2/c1-15(2)26-30-13-16(3)24(32-26)22-12-21(10-11-29-22)33-19(6)18(5)25(23(28)27(33)34)35-14-20-9-7-8-17(4)31-20/h7-13,15H,14H2,1-6H3. The zero-order valence-corrected chi connectivity index (χ0v) is 22.3. The monoisotopic (exact) mass is 533 g/mol. The van der Waals surface area contributed by atoms with Gasteiger partial charge < -0.3 is 4.74 Å². The minimum absolute atomic E-state index is 0.198. The minimum atomic E-state index is -0.209. The van der Waals surface area contributed by atoms with Gasteiger partial charge in [-0.1, -0.05) is 19.9 Å². The van der Waals surface area contributed by atoms with Crippen molar-refractivity contribution in [1.29, 1.82) is 0 Å². The lowest BCUT2D eigenvalue weighted by Gasteiger charge is -2.18.